The molecule has 0 spiro atoms. The van der Waals surface area contributed by atoms with Gasteiger partial charge in [0, 0.05) is 18.8 Å². The zero-order chi connectivity index (χ0) is 20.3. The predicted octanol–water partition coefficient (Wildman–Crippen LogP) is 3.51. The highest BCUT2D eigenvalue weighted by molar-refractivity contribution is 7.91. The minimum absolute atomic E-state index is 0.0972. The van der Waals surface area contributed by atoms with Crippen LogP contribution in [0.2, 0.25) is 0 Å². The number of hydrogen-bond donors (Lipinski definition) is 1. The van der Waals surface area contributed by atoms with E-state index in [9.17, 15) is 13.2 Å². The van der Waals surface area contributed by atoms with Gasteiger partial charge >= 0.3 is 0 Å². The van der Waals surface area contributed by atoms with Crippen LogP contribution in [0.5, 0.6) is 5.75 Å². The van der Waals surface area contributed by atoms with E-state index in [0.29, 0.717) is 35.2 Å². The molecule has 29 heavy (non-hydrogen) atoms. The monoisotopic (exact) mass is 428 g/mol. The third kappa shape index (κ3) is 4.50. The second-order valence-electron chi connectivity index (χ2n) is 6.65. The van der Waals surface area contributed by atoms with Crippen LogP contribution in [0.15, 0.2) is 70.3 Å². The van der Waals surface area contributed by atoms with Gasteiger partial charge in [-0.1, -0.05) is 30.3 Å². The van der Waals surface area contributed by atoms with Gasteiger partial charge in [0.1, 0.15) is 9.96 Å². The van der Waals surface area contributed by atoms with Gasteiger partial charge < -0.3 is 10.1 Å². The molecule has 2 aromatic carbocycles. The quantitative estimate of drug-likeness (QED) is 0.652. The Hall–Kier alpha value is -2.68. The average Bonchev–Trinajstić information content (AvgIpc) is 3.28. The molecule has 3 aromatic rings. The third-order valence-corrected chi connectivity index (χ3v) is 7.89. The number of nitrogens with zero attached hydrogens (tertiary/aromatic N) is 1. The zero-order valence-electron chi connectivity index (χ0n) is 15.6. The van der Waals surface area contributed by atoms with Gasteiger partial charge in [0.05, 0.1) is 0 Å². The highest BCUT2D eigenvalue weighted by Gasteiger charge is 2.29. The molecule has 4 rings (SSSR count). The number of nitrogens with one attached hydrogen (secondary N) is 1. The summed E-state index contributed by atoms with van der Waals surface area (Å²) in [6.07, 6.45) is 0.644. The van der Waals surface area contributed by atoms with Crippen LogP contribution in [0, 0.1) is 0 Å². The molecule has 2 heterocycles. The molecule has 1 amide bonds. The molecule has 150 valence electrons. The van der Waals surface area contributed by atoms with Crippen molar-refractivity contribution >= 4 is 33.0 Å². The van der Waals surface area contributed by atoms with Crippen LogP contribution >= 0.6 is 11.3 Å². The first-order valence-corrected chi connectivity index (χ1v) is 11.5. The summed E-state index contributed by atoms with van der Waals surface area (Å²) in [5.41, 5.74) is 2.63. The summed E-state index contributed by atoms with van der Waals surface area (Å²) >= 11 is 1.22. The summed E-state index contributed by atoms with van der Waals surface area (Å²) in [7, 11) is -3.49. The molecule has 8 heteroatoms. The number of carbonyl (C=O) groups is 1. The van der Waals surface area contributed by atoms with Crippen LogP contribution in [0.1, 0.15) is 11.1 Å². The van der Waals surface area contributed by atoms with Crippen LogP contribution in [0.3, 0.4) is 0 Å². The molecule has 0 aliphatic carbocycles. The summed E-state index contributed by atoms with van der Waals surface area (Å²) in [4.78, 5) is 12.2. The topological polar surface area (TPSA) is 75.7 Å². The highest BCUT2D eigenvalue weighted by Crippen LogP contribution is 2.28. The van der Waals surface area contributed by atoms with Gasteiger partial charge in [-0.25, -0.2) is 8.42 Å². The molecule has 1 aliphatic heterocycles. The Kier molecular flexibility index (Phi) is 5.66. The lowest BCUT2D eigenvalue weighted by molar-refractivity contribution is -0.118. The predicted molar refractivity (Wildman–Crippen MR) is 113 cm³/mol. The SMILES string of the molecule is O=C(COc1ccccc1)Nc1ccc2c(c1)CN(S(=O)(=O)c1cccs1)CC2. The van der Waals surface area contributed by atoms with Crippen molar-refractivity contribution in [3.05, 3.63) is 77.2 Å². The van der Waals surface area contributed by atoms with Crippen LogP contribution in [-0.4, -0.2) is 31.8 Å². The fourth-order valence-electron chi connectivity index (χ4n) is 3.21. The Morgan fingerprint density at radius 1 is 1.07 bits per heavy atom. The second-order valence-corrected chi connectivity index (χ2v) is 9.77. The van der Waals surface area contributed by atoms with Crippen molar-refractivity contribution in [2.24, 2.45) is 0 Å². The van der Waals surface area contributed by atoms with Gasteiger partial charge in [-0.05, 0) is 53.3 Å². The highest BCUT2D eigenvalue weighted by atomic mass is 32.2. The maximum Gasteiger partial charge on any atom is 0.262 e. The minimum Gasteiger partial charge on any atom is -0.484 e. The molecule has 0 fully saturated rings. The molecule has 1 N–H and O–H groups in total. The van der Waals surface area contributed by atoms with Crippen LogP contribution in [-0.2, 0) is 27.8 Å². The van der Waals surface area contributed by atoms with Gasteiger partial charge in [-0.15, -0.1) is 11.3 Å². The summed E-state index contributed by atoms with van der Waals surface area (Å²) < 4.78 is 32.9. The van der Waals surface area contributed by atoms with E-state index >= 15 is 0 Å². The number of anilines is 1. The van der Waals surface area contributed by atoms with Gasteiger partial charge in [0.25, 0.3) is 15.9 Å². The van der Waals surface area contributed by atoms with Gasteiger partial charge in [0.2, 0.25) is 0 Å². The van der Waals surface area contributed by atoms with Crippen molar-refractivity contribution < 1.29 is 17.9 Å². The van der Waals surface area contributed by atoms with Crippen LogP contribution in [0.25, 0.3) is 0 Å². The number of carbonyl (C=O) groups excluding carboxylic acids is 1. The Morgan fingerprint density at radius 3 is 2.66 bits per heavy atom. The Bertz CT molecular complexity index is 1100. The number of fused-ring (bicyclic) bond motifs is 1. The molecule has 0 saturated carbocycles. The summed E-state index contributed by atoms with van der Waals surface area (Å²) in [5, 5.41) is 4.57. The van der Waals surface area contributed by atoms with Crippen LogP contribution in [0.4, 0.5) is 5.69 Å². The number of benzene rings is 2. The average molecular weight is 429 g/mol. The largest absolute Gasteiger partial charge is 0.484 e. The number of rotatable bonds is 6. The van der Waals surface area contributed by atoms with Crippen molar-refractivity contribution in [1.82, 2.24) is 4.31 Å². The van der Waals surface area contributed by atoms with E-state index in [1.54, 1.807) is 29.6 Å². The molecular weight excluding hydrogens is 408 g/mol. The zero-order valence-corrected chi connectivity index (χ0v) is 17.2. The first kappa shape index (κ1) is 19.6. The van der Waals surface area contributed by atoms with Gasteiger partial charge in [-0.2, -0.15) is 4.31 Å². The lowest BCUT2D eigenvalue weighted by atomic mass is 10.0. The number of amides is 1. The lowest BCUT2D eigenvalue weighted by Crippen LogP contribution is -2.35. The molecule has 0 unspecified atom stereocenters. The number of ether oxygens (including phenoxy) is 1. The first-order valence-electron chi connectivity index (χ1n) is 9.15. The van der Waals surface area contributed by atoms with E-state index in [4.69, 9.17) is 4.74 Å². The minimum atomic E-state index is -3.49. The number of para-hydroxylation sites is 1. The van der Waals surface area contributed by atoms with Crippen LogP contribution < -0.4 is 10.1 Å². The van der Waals surface area contributed by atoms with E-state index in [-0.39, 0.29) is 12.5 Å². The molecule has 1 aromatic heterocycles. The summed E-state index contributed by atoms with van der Waals surface area (Å²) in [5.74, 6) is 0.357. The van der Waals surface area contributed by atoms with Crippen molar-refractivity contribution in [3.63, 3.8) is 0 Å². The fraction of sp³-hybridized carbons (Fsp3) is 0.190. The number of hydrogen-bond acceptors (Lipinski definition) is 5. The fourth-order valence-corrected chi connectivity index (χ4v) is 5.78. The van der Waals surface area contributed by atoms with E-state index in [0.717, 1.165) is 11.1 Å². The van der Waals surface area contributed by atoms with E-state index in [1.807, 2.05) is 36.4 Å². The molecule has 0 radical (unpaired) electrons. The van der Waals surface area contributed by atoms with Crippen molar-refractivity contribution in [3.8, 4) is 5.75 Å². The molecule has 0 bridgehead atoms. The van der Waals surface area contributed by atoms with Gasteiger partial charge in [-0.3, -0.25) is 4.79 Å². The molecule has 1 aliphatic rings. The smallest absolute Gasteiger partial charge is 0.262 e. The summed E-state index contributed by atoms with van der Waals surface area (Å²) in [6.45, 7) is 0.642. The second kappa shape index (κ2) is 8.36. The van der Waals surface area contributed by atoms with Crippen molar-refractivity contribution in [2.45, 2.75) is 17.2 Å². The van der Waals surface area contributed by atoms with Crippen molar-refractivity contribution in [2.75, 3.05) is 18.5 Å². The lowest BCUT2D eigenvalue weighted by Gasteiger charge is -2.28. The number of thiophene rings is 1. The molecule has 0 atom stereocenters. The normalized spacial score (nSPS) is 14.2. The van der Waals surface area contributed by atoms with E-state index < -0.39 is 10.0 Å². The Morgan fingerprint density at radius 2 is 1.90 bits per heavy atom. The standard InChI is InChI=1S/C21H20N2O4S2/c24-20(15-27-19-5-2-1-3-6-19)22-18-9-8-16-10-11-23(14-17(16)13-18)29(25,26)21-7-4-12-28-21/h1-9,12-13H,10-11,14-15H2,(H,22,24). The molecule has 6 nitrogen and oxygen atoms in total. The Labute approximate surface area is 173 Å². The number of sulfonamides is 1. The maximum absolute atomic E-state index is 12.8. The molecule has 0 saturated heterocycles. The maximum atomic E-state index is 12.8. The first-order chi connectivity index (χ1) is 14.0. The molecular formula is C21H20N2O4S2. The summed E-state index contributed by atoms with van der Waals surface area (Å²) in [6, 6.07) is 18.1. The van der Waals surface area contributed by atoms with E-state index in [2.05, 4.69) is 5.32 Å². The van der Waals surface area contributed by atoms with E-state index in [1.165, 1.54) is 15.6 Å². The van der Waals surface area contributed by atoms with Crippen molar-refractivity contribution in [1.29, 1.82) is 0 Å². The third-order valence-electron chi connectivity index (χ3n) is 4.67. The van der Waals surface area contributed by atoms with Gasteiger partial charge in [0.15, 0.2) is 6.61 Å². The Balaban J connectivity index is 1.43.